The Morgan fingerprint density at radius 2 is 1.96 bits per heavy atom. The Balaban J connectivity index is 1.34. The molecule has 2 unspecified atom stereocenters. The molecule has 0 saturated heterocycles. The number of hydrogen-bond donors (Lipinski definition) is 1. The number of ether oxygens (including phenoxy) is 1. The zero-order valence-electron chi connectivity index (χ0n) is 16.2. The lowest BCUT2D eigenvalue weighted by atomic mass is 9.98. The van der Waals surface area contributed by atoms with Crippen LogP contribution in [0.3, 0.4) is 0 Å². The van der Waals surface area contributed by atoms with E-state index in [2.05, 4.69) is 41.3 Å². The molecule has 1 heterocycles. The van der Waals surface area contributed by atoms with Crippen LogP contribution in [0.25, 0.3) is 0 Å². The molecule has 2 N–H and O–H groups in total. The topological polar surface area (TPSA) is 38.5 Å². The van der Waals surface area contributed by atoms with E-state index in [1.807, 2.05) is 13.0 Å². The summed E-state index contributed by atoms with van der Waals surface area (Å²) in [5.41, 5.74) is 10.1. The largest absolute Gasteiger partial charge is 0.493 e. The average molecular weight is 368 g/mol. The maximum Gasteiger partial charge on any atom is 0.119 e. The molecule has 1 aliphatic heterocycles. The van der Waals surface area contributed by atoms with Crippen molar-refractivity contribution in [2.75, 3.05) is 13.2 Å². The fraction of sp³-hybridized carbons (Fsp3) is 0.478. The second kappa shape index (κ2) is 7.25. The summed E-state index contributed by atoms with van der Waals surface area (Å²) < 4.78 is 19.5. The number of alkyl halides is 1. The Hall–Kier alpha value is -1.91. The van der Waals surface area contributed by atoms with Crippen molar-refractivity contribution in [2.24, 2.45) is 11.7 Å². The fourth-order valence-electron chi connectivity index (χ4n) is 3.85. The van der Waals surface area contributed by atoms with E-state index in [0.29, 0.717) is 13.0 Å². The van der Waals surface area contributed by atoms with Crippen LogP contribution in [0.5, 0.6) is 5.75 Å². The van der Waals surface area contributed by atoms with Crippen LogP contribution in [-0.4, -0.2) is 23.7 Å². The van der Waals surface area contributed by atoms with Crippen molar-refractivity contribution in [1.29, 1.82) is 0 Å². The first kappa shape index (κ1) is 18.5. The number of nitrogens with two attached hydrogens (primary N) is 1. The number of rotatable bonds is 6. The van der Waals surface area contributed by atoms with Crippen LogP contribution >= 0.6 is 0 Å². The molecule has 1 aliphatic carbocycles. The lowest BCUT2D eigenvalue weighted by Crippen LogP contribution is -2.30. The maximum atomic E-state index is 13.6. The van der Waals surface area contributed by atoms with Gasteiger partial charge in [0.15, 0.2) is 0 Å². The number of nitrogens with zero attached hydrogens (tertiary/aromatic N) is 1. The van der Waals surface area contributed by atoms with Gasteiger partial charge in [0.1, 0.15) is 11.4 Å². The summed E-state index contributed by atoms with van der Waals surface area (Å²) in [5, 5.41) is 0. The quantitative estimate of drug-likeness (QED) is 0.822. The smallest absolute Gasteiger partial charge is 0.119 e. The van der Waals surface area contributed by atoms with Gasteiger partial charge in [0, 0.05) is 31.6 Å². The standard InChI is InChI=1S/C23H29FN2O/c1-16(25)18-5-3-17(4-6-18)13-26-10-9-19-11-22(8-7-20(19)14-26)27-15-21-12-23(21,2)24/h3-8,11,16,21H,9-10,12-15,25H2,1-2H3/t16-,21?,23?/m0/s1. The van der Waals surface area contributed by atoms with Crippen LogP contribution in [0, 0.1) is 5.92 Å². The first-order chi connectivity index (χ1) is 12.9. The molecule has 2 aromatic carbocycles. The third kappa shape index (κ3) is 4.33. The van der Waals surface area contributed by atoms with Crippen molar-refractivity contribution in [3.05, 3.63) is 64.7 Å². The zero-order chi connectivity index (χ0) is 19.0. The lowest BCUT2D eigenvalue weighted by molar-refractivity contribution is 0.234. The van der Waals surface area contributed by atoms with E-state index >= 15 is 0 Å². The second-order valence-electron chi connectivity index (χ2n) is 8.41. The number of fused-ring (bicyclic) bond motifs is 1. The number of benzene rings is 2. The van der Waals surface area contributed by atoms with Crippen molar-refractivity contribution < 1.29 is 9.13 Å². The third-order valence-corrected chi connectivity index (χ3v) is 5.97. The van der Waals surface area contributed by atoms with Crippen LogP contribution in [0.4, 0.5) is 4.39 Å². The zero-order valence-corrected chi connectivity index (χ0v) is 16.2. The average Bonchev–Trinajstić information content (AvgIpc) is 3.27. The third-order valence-electron chi connectivity index (χ3n) is 5.97. The van der Waals surface area contributed by atoms with Gasteiger partial charge in [0.25, 0.3) is 0 Å². The molecule has 0 aromatic heterocycles. The van der Waals surface area contributed by atoms with Crippen LogP contribution in [0.15, 0.2) is 42.5 Å². The van der Waals surface area contributed by atoms with Gasteiger partial charge in [-0.15, -0.1) is 0 Å². The molecule has 4 rings (SSSR count). The molecule has 0 amide bonds. The van der Waals surface area contributed by atoms with Gasteiger partial charge < -0.3 is 10.5 Å². The minimum atomic E-state index is -1.02. The molecule has 2 aromatic rings. The van der Waals surface area contributed by atoms with Crippen LogP contribution in [-0.2, 0) is 19.5 Å². The van der Waals surface area contributed by atoms with E-state index in [0.717, 1.165) is 31.8 Å². The monoisotopic (exact) mass is 368 g/mol. The summed E-state index contributed by atoms with van der Waals surface area (Å²) in [5.74, 6) is 0.925. The van der Waals surface area contributed by atoms with Crippen LogP contribution in [0.2, 0.25) is 0 Å². The van der Waals surface area contributed by atoms with Gasteiger partial charge in [0.05, 0.1) is 6.61 Å². The molecule has 27 heavy (non-hydrogen) atoms. The normalized spacial score (nSPS) is 25.7. The predicted octanol–water partition coefficient (Wildman–Crippen LogP) is 4.39. The van der Waals surface area contributed by atoms with Gasteiger partial charge in [-0.3, -0.25) is 4.90 Å². The van der Waals surface area contributed by atoms with Gasteiger partial charge in [-0.1, -0.05) is 30.3 Å². The summed E-state index contributed by atoms with van der Waals surface area (Å²) in [4.78, 5) is 2.47. The Kier molecular flexibility index (Phi) is 4.95. The molecular formula is C23H29FN2O. The molecule has 0 bridgehead atoms. The van der Waals surface area contributed by atoms with E-state index < -0.39 is 5.67 Å². The maximum absolute atomic E-state index is 13.6. The Morgan fingerprint density at radius 3 is 2.63 bits per heavy atom. The molecule has 0 radical (unpaired) electrons. The van der Waals surface area contributed by atoms with Gasteiger partial charge >= 0.3 is 0 Å². The highest BCUT2D eigenvalue weighted by molar-refractivity contribution is 5.37. The summed E-state index contributed by atoms with van der Waals surface area (Å²) in [6, 6.07) is 15.0. The van der Waals surface area contributed by atoms with E-state index in [4.69, 9.17) is 10.5 Å². The lowest BCUT2D eigenvalue weighted by Gasteiger charge is -2.29. The Morgan fingerprint density at radius 1 is 1.22 bits per heavy atom. The fourth-order valence-corrected chi connectivity index (χ4v) is 3.85. The van der Waals surface area contributed by atoms with Gasteiger partial charge in [-0.05, 0) is 61.1 Å². The molecule has 2 aliphatic rings. The molecular weight excluding hydrogens is 339 g/mol. The molecule has 1 fully saturated rings. The Labute approximate surface area is 161 Å². The van der Waals surface area contributed by atoms with Gasteiger partial charge in [-0.25, -0.2) is 4.39 Å². The molecule has 3 nitrogen and oxygen atoms in total. The van der Waals surface area contributed by atoms with E-state index in [9.17, 15) is 4.39 Å². The summed E-state index contributed by atoms with van der Waals surface area (Å²) in [7, 11) is 0. The Bertz CT molecular complexity index is 801. The van der Waals surface area contributed by atoms with Crippen LogP contribution < -0.4 is 10.5 Å². The van der Waals surface area contributed by atoms with Crippen LogP contribution in [0.1, 0.15) is 48.6 Å². The minimum Gasteiger partial charge on any atom is -0.493 e. The number of hydrogen-bond acceptors (Lipinski definition) is 3. The first-order valence-corrected chi connectivity index (χ1v) is 9.91. The minimum absolute atomic E-state index is 0.0534. The van der Waals surface area contributed by atoms with Crippen molar-refractivity contribution >= 4 is 0 Å². The molecule has 0 spiro atoms. The van der Waals surface area contributed by atoms with E-state index in [1.165, 1.54) is 22.3 Å². The van der Waals surface area contributed by atoms with E-state index in [1.54, 1.807) is 6.92 Å². The van der Waals surface area contributed by atoms with Crippen molar-refractivity contribution in [2.45, 2.75) is 51.5 Å². The molecule has 4 heteroatoms. The molecule has 3 atom stereocenters. The number of halogens is 1. The van der Waals surface area contributed by atoms with Crippen molar-refractivity contribution in [3.63, 3.8) is 0 Å². The first-order valence-electron chi connectivity index (χ1n) is 9.91. The van der Waals surface area contributed by atoms with Crippen molar-refractivity contribution in [3.8, 4) is 5.75 Å². The summed E-state index contributed by atoms with van der Waals surface area (Å²) in [6.45, 7) is 7.09. The van der Waals surface area contributed by atoms with Gasteiger partial charge in [0.2, 0.25) is 0 Å². The SMILES string of the molecule is C[C@H](N)c1ccc(CN2CCc3cc(OCC4CC4(C)F)ccc3C2)cc1. The highest BCUT2D eigenvalue weighted by atomic mass is 19.1. The molecule has 144 valence electrons. The summed E-state index contributed by atoms with van der Waals surface area (Å²) in [6.07, 6.45) is 1.65. The van der Waals surface area contributed by atoms with E-state index in [-0.39, 0.29) is 12.0 Å². The summed E-state index contributed by atoms with van der Waals surface area (Å²) >= 11 is 0. The van der Waals surface area contributed by atoms with Crippen molar-refractivity contribution in [1.82, 2.24) is 4.90 Å². The van der Waals surface area contributed by atoms with Gasteiger partial charge in [-0.2, -0.15) is 0 Å². The highest BCUT2D eigenvalue weighted by Crippen LogP contribution is 2.46. The highest BCUT2D eigenvalue weighted by Gasteiger charge is 2.51. The molecule has 1 saturated carbocycles. The predicted molar refractivity (Wildman–Crippen MR) is 106 cm³/mol. The second-order valence-corrected chi connectivity index (χ2v) is 8.41.